The summed E-state index contributed by atoms with van der Waals surface area (Å²) in [5.74, 6) is 0.621. The van der Waals surface area contributed by atoms with Crippen LogP contribution in [0.1, 0.15) is 5.69 Å². The van der Waals surface area contributed by atoms with Crippen LogP contribution in [0.4, 0.5) is 5.69 Å². The van der Waals surface area contributed by atoms with Gasteiger partial charge >= 0.3 is 0 Å². The van der Waals surface area contributed by atoms with Crippen molar-refractivity contribution in [3.05, 3.63) is 35.5 Å². The van der Waals surface area contributed by atoms with Gasteiger partial charge in [-0.05, 0) is 19.1 Å². The summed E-state index contributed by atoms with van der Waals surface area (Å²) in [6, 6.07) is 3.55. The van der Waals surface area contributed by atoms with Gasteiger partial charge in [-0.3, -0.25) is 5.10 Å². The summed E-state index contributed by atoms with van der Waals surface area (Å²) in [5, 5.41) is 6.75. The van der Waals surface area contributed by atoms with Crippen molar-refractivity contribution in [2.24, 2.45) is 0 Å². The van der Waals surface area contributed by atoms with Gasteiger partial charge in [0.25, 0.3) is 0 Å². The summed E-state index contributed by atoms with van der Waals surface area (Å²) in [6.45, 7) is 8.78. The molecule has 0 spiro atoms. The van der Waals surface area contributed by atoms with Crippen LogP contribution in [0.3, 0.4) is 0 Å². The highest BCUT2D eigenvalue weighted by atomic mass is 16.3. The second-order valence-electron chi connectivity index (χ2n) is 2.63. The van der Waals surface area contributed by atoms with Gasteiger partial charge in [0.15, 0.2) is 0 Å². The number of furan rings is 1. The van der Waals surface area contributed by atoms with E-state index in [1.54, 1.807) is 18.4 Å². The van der Waals surface area contributed by atoms with Crippen molar-refractivity contribution in [2.75, 3.05) is 0 Å². The maximum atomic E-state index is 6.97. The van der Waals surface area contributed by atoms with Gasteiger partial charge < -0.3 is 4.42 Å². The first-order valence-corrected chi connectivity index (χ1v) is 3.79. The molecule has 0 radical (unpaired) electrons. The zero-order valence-electron chi connectivity index (χ0n) is 7.03. The molecule has 4 nitrogen and oxygen atoms in total. The van der Waals surface area contributed by atoms with Crippen LogP contribution in [-0.4, -0.2) is 10.2 Å². The molecule has 13 heavy (non-hydrogen) atoms. The number of aryl methyl sites for hydroxylation is 1. The van der Waals surface area contributed by atoms with Crippen LogP contribution in [0, 0.1) is 13.5 Å². The summed E-state index contributed by atoms with van der Waals surface area (Å²) in [6.07, 6.45) is 1.56. The van der Waals surface area contributed by atoms with Gasteiger partial charge in [0.1, 0.15) is 11.5 Å². The molecule has 0 saturated heterocycles. The molecule has 0 bridgehead atoms. The summed E-state index contributed by atoms with van der Waals surface area (Å²) in [5.41, 5.74) is 1.87. The first-order valence-electron chi connectivity index (χ1n) is 3.79. The van der Waals surface area contributed by atoms with E-state index in [9.17, 15) is 0 Å². The van der Waals surface area contributed by atoms with E-state index >= 15 is 0 Å². The quantitative estimate of drug-likeness (QED) is 0.673. The zero-order valence-corrected chi connectivity index (χ0v) is 7.03. The Balaban J connectivity index is 2.60. The molecule has 1 N–H and O–H groups in total. The van der Waals surface area contributed by atoms with Gasteiger partial charge in [0, 0.05) is 5.69 Å². The Bertz CT molecular complexity index is 448. The van der Waals surface area contributed by atoms with Crippen molar-refractivity contribution in [1.82, 2.24) is 10.2 Å². The summed E-state index contributed by atoms with van der Waals surface area (Å²) in [7, 11) is 0. The fourth-order valence-corrected chi connectivity index (χ4v) is 1.15. The Labute approximate surface area is 75.0 Å². The monoisotopic (exact) mass is 173 g/mol. The Hall–Kier alpha value is -2.02. The third-order valence-corrected chi connectivity index (χ3v) is 1.78. The van der Waals surface area contributed by atoms with Gasteiger partial charge in [0.05, 0.1) is 12.8 Å². The number of hydrogen-bond acceptors (Lipinski definition) is 2. The molecular formula is C9H7N3O. The van der Waals surface area contributed by atoms with E-state index < -0.39 is 0 Å². The summed E-state index contributed by atoms with van der Waals surface area (Å²) in [4.78, 5) is 3.38. The summed E-state index contributed by atoms with van der Waals surface area (Å²) < 4.78 is 5.15. The van der Waals surface area contributed by atoms with Crippen molar-refractivity contribution < 1.29 is 4.42 Å². The van der Waals surface area contributed by atoms with E-state index in [0.29, 0.717) is 17.1 Å². The number of hydrogen-bond donors (Lipinski definition) is 1. The first-order chi connectivity index (χ1) is 6.33. The van der Waals surface area contributed by atoms with E-state index in [0.717, 1.165) is 5.69 Å². The molecule has 0 aliphatic rings. The number of H-pyrrole nitrogens is 1. The molecule has 0 unspecified atom stereocenters. The maximum absolute atomic E-state index is 6.97. The molecule has 0 saturated carbocycles. The number of aromatic nitrogens is 2. The predicted molar refractivity (Wildman–Crippen MR) is 47.3 cm³/mol. The minimum absolute atomic E-state index is 0.523. The molecule has 0 aromatic carbocycles. The van der Waals surface area contributed by atoms with E-state index in [-0.39, 0.29) is 0 Å². The number of aromatic amines is 1. The van der Waals surface area contributed by atoms with Crippen LogP contribution in [0.2, 0.25) is 0 Å². The lowest BCUT2D eigenvalue weighted by molar-refractivity contribution is 0.580. The molecule has 64 valence electrons. The Morgan fingerprint density at radius 2 is 2.46 bits per heavy atom. The molecule has 0 aliphatic heterocycles. The highest BCUT2D eigenvalue weighted by Gasteiger charge is 2.13. The lowest BCUT2D eigenvalue weighted by atomic mass is 10.2. The first kappa shape index (κ1) is 7.62. The van der Waals surface area contributed by atoms with Crippen LogP contribution in [0.25, 0.3) is 16.3 Å². The molecule has 2 rings (SSSR count). The second-order valence-corrected chi connectivity index (χ2v) is 2.63. The molecular weight excluding hydrogens is 166 g/mol. The molecule has 0 amide bonds. The third kappa shape index (κ3) is 1.11. The van der Waals surface area contributed by atoms with Gasteiger partial charge in [0.2, 0.25) is 5.69 Å². The molecule has 0 atom stereocenters. The Kier molecular flexibility index (Phi) is 1.64. The normalized spacial score (nSPS) is 9.85. The van der Waals surface area contributed by atoms with Crippen LogP contribution >= 0.6 is 0 Å². The van der Waals surface area contributed by atoms with Crippen molar-refractivity contribution >= 4 is 5.69 Å². The number of nitrogens with zero attached hydrogens (tertiary/aromatic N) is 2. The average Bonchev–Trinajstić information content (AvgIpc) is 2.71. The van der Waals surface area contributed by atoms with Crippen LogP contribution in [0.5, 0.6) is 0 Å². The smallest absolute Gasteiger partial charge is 0.237 e. The average molecular weight is 173 g/mol. The van der Waals surface area contributed by atoms with E-state index in [1.165, 1.54) is 0 Å². The van der Waals surface area contributed by atoms with Crippen molar-refractivity contribution in [2.45, 2.75) is 6.92 Å². The molecule has 0 fully saturated rings. The zero-order chi connectivity index (χ0) is 9.26. The van der Waals surface area contributed by atoms with E-state index in [2.05, 4.69) is 15.0 Å². The van der Waals surface area contributed by atoms with Crippen LogP contribution in [-0.2, 0) is 0 Å². The largest absolute Gasteiger partial charge is 0.464 e. The number of rotatable bonds is 1. The molecule has 2 heterocycles. The van der Waals surface area contributed by atoms with Gasteiger partial charge in [-0.2, -0.15) is 5.10 Å². The third-order valence-electron chi connectivity index (χ3n) is 1.78. The highest BCUT2D eigenvalue weighted by Crippen LogP contribution is 2.30. The molecule has 4 heteroatoms. The predicted octanol–water partition coefficient (Wildman–Crippen LogP) is 2.53. The van der Waals surface area contributed by atoms with Crippen molar-refractivity contribution in [3.8, 4) is 11.5 Å². The lowest BCUT2D eigenvalue weighted by Gasteiger charge is -1.89. The topological polar surface area (TPSA) is 46.2 Å². The minimum atomic E-state index is 0.523. The fourth-order valence-electron chi connectivity index (χ4n) is 1.15. The van der Waals surface area contributed by atoms with Gasteiger partial charge in [-0.1, -0.05) is 0 Å². The molecule has 2 aromatic rings. The molecule has 0 aliphatic carbocycles. The van der Waals surface area contributed by atoms with Crippen LogP contribution < -0.4 is 0 Å². The van der Waals surface area contributed by atoms with Crippen molar-refractivity contribution in [1.29, 1.82) is 0 Å². The lowest BCUT2D eigenvalue weighted by Crippen LogP contribution is -1.72. The van der Waals surface area contributed by atoms with Gasteiger partial charge in [-0.25, -0.2) is 4.85 Å². The van der Waals surface area contributed by atoms with E-state index in [4.69, 9.17) is 11.0 Å². The minimum Gasteiger partial charge on any atom is -0.464 e. The maximum Gasteiger partial charge on any atom is 0.237 e. The SMILES string of the molecule is [C-]#[N+]c1c(-c2ccco2)n[nH]c1C. The number of nitrogens with one attached hydrogen (secondary N) is 1. The van der Waals surface area contributed by atoms with Gasteiger partial charge in [-0.15, -0.1) is 0 Å². The van der Waals surface area contributed by atoms with Crippen LogP contribution in [0.15, 0.2) is 22.8 Å². The van der Waals surface area contributed by atoms with Crippen molar-refractivity contribution in [3.63, 3.8) is 0 Å². The van der Waals surface area contributed by atoms with E-state index in [1.807, 2.05) is 6.92 Å². The molecule has 2 aromatic heterocycles. The second kappa shape index (κ2) is 2.79. The standard InChI is InChI=1S/C9H7N3O/c1-6-8(10-2)9(12-11-6)7-4-3-5-13-7/h3-5H,1H3,(H,11,12). The Morgan fingerprint density at radius 1 is 1.62 bits per heavy atom. The summed E-state index contributed by atoms with van der Waals surface area (Å²) >= 11 is 0. The fraction of sp³-hybridized carbons (Fsp3) is 0.111. The Morgan fingerprint density at radius 3 is 3.08 bits per heavy atom. The highest BCUT2D eigenvalue weighted by molar-refractivity contribution is 5.73.